The SMILES string of the molecule is BrCc1cn(Cc2cc(-c3ccccc3)no2)nn1. The summed E-state index contributed by atoms with van der Waals surface area (Å²) in [4.78, 5) is 0. The van der Waals surface area contributed by atoms with Crippen molar-refractivity contribution < 1.29 is 4.52 Å². The van der Waals surface area contributed by atoms with Gasteiger partial charge in [0.1, 0.15) is 12.2 Å². The lowest BCUT2D eigenvalue weighted by Gasteiger charge is -1.93. The molecular weight excluding hydrogens is 308 g/mol. The summed E-state index contributed by atoms with van der Waals surface area (Å²) in [6.45, 7) is 0.528. The zero-order valence-electron chi connectivity index (χ0n) is 10.0. The molecule has 3 aromatic rings. The van der Waals surface area contributed by atoms with E-state index in [1.807, 2.05) is 42.6 Å². The Morgan fingerprint density at radius 1 is 1.21 bits per heavy atom. The Labute approximate surface area is 118 Å². The van der Waals surface area contributed by atoms with Gasteiger partial charge in [0, 0.05) is 23.2 Å². The fourth-order valence-corrected chi connectivity index (χ4v) is 2.03. The van der Waals surface area contributed by atoms with E-state index in [2.05, 4.69) is 31.4 Å². The molecule has 3 rings (SSSR count). The second-order valence-electron chi connectivity index (χ2n) is 4.09. The van der Waals surface area contributed by atoms with Gasteiger partial charge >= 0.3 is 0 Å². The van der Waals surface area contributed by atoms with E-state index in [0.29, 0.717) is 11.9 Å². The molecular formula is C13H11BrN4O. The van der Waals surface area contributed by atoms with E-state index in [9.17, 15) is 0 Å². The molecule has 0 saturated carbocycles. The first-order valence-corrected chi connectivity index (χ1v) is 6.93. The minimum absolute atomic E-state index is 0.528. The van der Waals surface area contributed by atoms with Crippen LogP contribution in [0.5, 0.6) is 0 Å². The van der Waals surface area contributed by atoms with Crippen LogP contribution in [0.2, 0.25) is 0 Å². The highest BCUT2D eigenvalue weighted by Crippen LogP contribution is 2.18. The number of nitrogens with zero attached hydrogens (tertiary/aromatic N) is 4. The van der Waals surface area contributed by atoms with Crippen LogP contribution in [0.15, 0.2) is 47.1 Å². The third-order valence-corrected chi connectivity index (χ3v) is 3.24. The third-order valence-electron chi connectivity index (χ3n) is 2.67. The Bertz CT molecular complexity index is 662. The fourth-order valence-electron chi connectivity index (χ4n) is 1.77. The molecule has 2 aromatic heterocycles. The van der Waals surface area contributed by atoms with Crippen molar-refractivity contribution in [1.82, 2.24) is 20.2 Å². The maximum absolute atomic E-state index is 5.32. The monoisotopic (exact) mass is 318 g/mol. The molecule has 96 valence electrons. The molecule has 0 atom stereocenters. The van der Waals surface area contributed by atoms with Crippen LogP contribution < -0.4 is 0 Å². The van der Waals surface area contributed by atoms with Crippen LogP contribution in [0.25, 0.3) is 11.3 Å². The number of benzene rings is 1. The normalized spacial score (nSPS) is 10.8. The lowest BCUT2D eigenvalue weighted by atomic mass is 10.1. The molecule has 0 spiro atoms. The van der Waals surface area contributed by atoms with Crippen LogP contribution in [-0.4, -0.2) is 20.2 Å². The second kappa shape index (κ2) is 5.36. The zero-order chi connectivity index (χ0) is 13.1. The van der Waals surface area contributed by atoms with E-state index < -0.39 is 0 Å². The number of aromatic nitrogens is 4. The maximum Gasteiger partial charge on any atom is 0.158 e. The molecule has 6 heteroatoms. The molecule has 19 heavy (non-hydrogen) atoms. The van der Waals surface area contributed by atoms with Crippen molar-refractivity contribution in [3.8, 4) is 11.3 Å². The quantitative estimate of drug-likeness (QED) is 0.694. The molecule has 2 heterocycles. The van der Waals surface area contributed by atoms with Crippen molar-refractivity contribution in [2.75, 3.05) is 0 Å². The van der Waals surface area contributed by atoms with E-state index in [1.165, 1.54) is 0 Å². The van der Waals surface area contributed by atoms with Crippen molar-refractivity contribution in [3.05, 3.63) is 54.0 Å². The standard InChI is InChI=1S/C13H11BrN4O/c14-7-11-8-18(17-15-11)9-12-6-13(16-19-12)10-4-2-1-3-5-10/h1-6,8H,7,9H2. The fraction of sp³-hybridized carbons (Fsp3) is 0.154. The maximum atomic E-state index is 5.32. The first-order chi connectivity index (χ1) is 9.35. The summed E-state index contributed by atoms with van der Waals surface area (Å²) < 4.78 is 7.04. The van der Waals surface area contributed by atoms with E-state index in [4.69, 9.17) is 4.52 Å². The van der Waals surface area contributed by atoms with Crippen molar-refractivity contribution in [2.45, 2.75) is 11.9 Å². The molecule has 0 aliphatic heterocycles. The molecule has 0 N–H and O–H groups in total. The van der Waals surface area contributed by atoms with E-state index in [-0.39, 0.29) is 0 Å². The average molecular weight is 319 g/mol. The molecule has 0 saturated heterocycles. The molecule has 0 amide bonds. The van der Waals surface area contributed by atoms with Crippen LogP contribution in [0.1, 0.15) is 11.5 Å². The number of alkyl halides is 1. The number of halogens is 1. The van der Waals surface area contributed by atoms with Gasteiger partial charge in [-0.25, -0.2) is 4.68 Å². The Kier molecular flexibility index (Phi) is 3.41. The van der Waals surface area contributed by atoms with Crippen LogP contribution in [0, 0.1) is 0 Å². The van der Waals surface area contributed by atoms with Crippen LogP contribution >= 0.6 is 15.9 Å². The van der Waals surface area contributed by atoms with E-state index in [0.717, 1.165) is 22.7 Å². The first-order valence-electron chi connectivity index (χ1n) is 5.81. The summed E-state index contributed by atoms with van der Waals surface area (Å²) in [5.74, 6) is 0.755. The molecule has 0 aliphatic rings. The number of rotatable bonds is 4. The Hall–Kier alpha value is -1.95. The molecule has 0 unspecified atom stereocenters. The summed E-state index contributed by atoms with van der Waals surface area (Å²) in [7, 11) is 0. The topological polar surface area (TPSA) is 56.7 Å². The molecule has 0 fully saturated rings. The Morgan fingerprint density at radius 2 is 2.05 bits per heavy atom. The van der Waals surface area contributed by atoms with Crippen molar-refractivity contribution >= 4 is 15.9 Å². The number of hydrogen-bond acceptors (Lipinski definition) is 4. The van der Waals surface area contributed by atoms with E-state index >= 15 is 0 Å². The van der Waals surface area contributed by atoms with Gasteiger partial charge in [-0.3, -0.25) is 0 Å². The summed E-state index contributed by atoms with van der Waals surface area (Å²) in [6.07, 6.45) is 1.87. The zero-order valence-corrected chi connectivity index (χ0v) is 11.6. The second-order valence-corrected chi connectivity index (χ2v) is 4.65. The minimum Gasteiger partial charge on any atom is -0.359 e. The van der Waals surface area contributed by atoms with Crippen LogP contribution in [0.3, 0.4) is 0 Å². The first kappa shape index (κ1) is 12.1. The third kappa shape index (κ3) is 2.73. The van der Waals surface area contributed by atoms with Gasteiger partial charge in [0.15, 0.2) is 5.76 Å². The lowest BCUT2D eigenvalue weighted by molar-refractivity contribution is 0.372. The highest BCUT2D eigenvalue weighted by Gasteiger charge is 2.08. The minimum atomic E-state index is 0.528. The van der Waals surface area contributed by atoms with Gasteiger partial charge in [0.25, 0.3) is 0 Å². The highest BCUT2D eigenvalue weighted by atomic mass is 79.9. The van der Waals surface area contributed by atoms with Crippen molar-refractivity contribution in [1.29, 1.82) is 0 Å². The van der Waals surface area contributed by atoms with Gasteiger partial charge in [-0.1, -0.05) is 56.6 Å². The summed E-state index contributed by atoms with van der Waals surface area (Å²) in [6, 6.07) is 11.8. The molecule has 0 radical (unpaired) electrons. The van der Waals surface area contributed by atoms with Crippen molar-refractivity contribution in [2.24, 2.45) is 0 Å². The van der Waals surface area contributed by atoms with Crippen molar-refractivity contribution in [3.63, 3.8) is 0 Å². The smallest absolute Gasteiger partial charge is 0.158 e. The molecule has 5 nitrogen and oxygen atoms in total. The molecule has 1 aromatic carbocycles. The molecule has 0 bridgehead atoms. The predicted molar refractivity (Wildman–Crippen MR) is 73.7 cm³/mol. The lowest BCUT2D eigenvalue weighted by Crippen LogP contribution is -1.98. The largest absolute Gasteiger partial charge is 0.359 e. The van der Waals surface area contributed by atoms with Gasteiger partial charge in [-0.2, -0.15) is 0 Å². The summed E-state index contributed by atoms with van der Waals surface area (Å²) in [5, 5.41) is 12.8. The molecule has 0 aliphatic carbocycles. The van der Waals surface area contributed by atoms with Crippen LogP contribution in [-0.2, 0) is 11.9 Å². The van der Waals surface area contributed by atoms with E-state index in [1.54, 1.807) is 4.68 Å². The number of hydrogen-bond donors (Lipinski definition) is 0. The highest BCUT2D eigenvalue weighted by molar-refractivity contribution is 9.08. The summed E-state index contributed by atoms with van der Waals surface area (Å²) in [5.41, 5.74) is 2.76. The van der Waals surface area contributed by atoms with Gasteiger partial charge < -0.3 is 4.52 Å². The van der Waals surface area contributed by atoms with Gasteiger partial charge in [0.2, 0.25) is 0 Å². The summed E-state index contributed by atoms with van der Waals surface area (Å²) >= 11 is 3.34. The average Bonchev–Trinajstić information content (AvgIpc) is 3.09. The van der Waals surface area contributed by atoms with Gasteiger partial charge in [-0.15, -0.1) is 5.10 Å². The van der Waals surface area contributed by atoms with Crippen LogP contribution in [0.4, 0.5) is 0 Å². The Balaban J connectivity index is 1.78. The van der Waals surface area contributed by atoms with Gasteiger partial charge in [0.05, 0.1) is 5.69 Å². The predicted octanol–water partition coefficient (Wildman–Crippen LogP) is 2.88. The Morgan fingerprint density at radius 3 is 2.79 bits per heavy atom. The van der Waals surface area contributed by atoms with Gasteiger partial charge in [-0.05, 0) is 0 Å².